The van der Waals surface area contributed by atoms with Crippen molar-refractivity contribution in [3.05, 3.63) is 40.9 Å². The lowest BCUT2D eigenvalue weighted by Crippen LogP contribution is -2.34. The van der Waals surface area contributed by atoms with Crippen LogP contribution in [0.15, 0.2) is 35.4 Å². The summed E-state index contributed by atoms with van der Waals surface area (Å²) < 4.78 is 1.43. The third-order valence-corrected chi connectivity index (χ3v) is 4.57. The summed E-state index contributed by atoms with van der Waals surface area (Å²) in [6.07, 6.45) is 2.07. The van der Waals surface area contributed by atoms with Gasteiger partial charge in [-0.3, -0.25) is 14.2 Å². The van der Waals surface area contributed by atoms with Crippen LogP contribution in [0.3, 0.4) is 0 Å². The topological polar surface area (TPSA) is 104 Å². The maximum atomic E-state index is 12.3. The van der Waals surface area contributed by atoms with Crippen molar-refractivity contribution in [3.63, 3.8) is 0 Å². The highest BCUT2D eigenvalue weighted by atomic mass is 16.3. The summed E-state index contributed by atoms with van der Waals surface area (Å²) in [6, 6.07) is 6.97. The number of aromatic nitrogens is 2. The fourth-order valence-electron chi connectivity index (χ4n) is 3.20. The number of hydrogen-bond acceptors (Lipinski definition) is 5. The van der Waals surface area contributed by atoms with Gasteiger partial charge >= 0.3 is 0 Å². The lowest BCUT2D eigenvalue weighted by atomic mass is 10.1. The highest BCUT2D eigenvalue weighted by molar-refractivity contribution is 5.77. The molecular weight excluding hydrogens is 310 g/mol. The van der Waals surface area contributed by atoms with Crippen molar-refractivity contribution in [2.45, 2.75) is 38.0 Å². The first-order chi connectivity index (χ1) is 11.6. The Hall–Kier alpha value is -2.25. The Morgan fingerprint density at radius 1 is 1.33 bits per heavy atom. The molecule has 7 nitrogen and oxygen atoms in total. The van der Waals surface area contributed by atoms with Crippen LogP contribution in [-0.2, 0) is 11.3 Å². The van der Waals surface area contributed by atoms with E-state index in [1.807, 2.05) is 6.07 Å². The number of aryl methyl sites for hydroxylation is 1. The van der Waals surface area contributed by atoms with E-state index in [2.05, 4.69) is 10.3 Å². The molecule has 24 heavy (non-hydrogen) atoms. The van der Waals surface area contributed by atoms with Crippen LogP contribution in [0.4, 0.5) is 0 Å². The molecule has 1 aliphatic rings. The molecule has 0 aliphatic heterocycles. The molecule has 1 fully saturated rings. The number of carbonyl (C=O) groups is 1. The highest BCUT2D eigenvalue weighted by Gasteiger charge is 2.33. The molecule has 1 amide bonds. The van der Waals surface area contributed by atoms with Crippen LogP contribution in [-0.4, -0.2) is 44.4 Å². The third kappa shape index (κ3) is 3.47. The van der Waals surface area contributed by atoms with Gasteiger partial charge in [0.2, 0.25) is 5.91 Å². The highest BCUT2D eigenvalue weighted by Crippen LogP contribution is 2.25. The monoisotopic (exact) mass is 331 g/mol. The van der Waals surface area contributed by atoms with Crippen molar-refractivity contribution in [1.82, 2.24) is 14.9 Å². The summed E-state index contributed by atoms with van der Waals surface area (Å²) >= 11 is 0. The number of benzene rings is 1. The van der Waals surface area contributed by atoms with Gasteiger partial charge in [0.05, 0.1) is 23.3 Å². The van der Waals surface area contributed by atoms with Crippen molar-refractivity contribution in [2.24, 2.45) is 5.92 Å². The number of rotatable bonds is 5. The first-order valence-electron chi connectivity index (χ1n) is 8.11. The largest absolute Gasteiger partial charge is 0.396 e. The molecule has 1 aromatic heterocycles. The molecule has 3 N–H and O–H groups in total. The van der Waals surface area contributed by atoms with Crippen LogP contribution in [0, 0.1) is 5.92 Å². The minimum absolute atomic E-state index is 0.0777. The zero-order chi connectivity index (χ0) is 17.1. The van der Waals surface area contributed by atoms with Crippen LogP contribution in [0.2, 0.25) is 0 Å². The lowest BCUT2D eigenvalue weighted by molar-refractivity contribution is -0.122. The van der Waals surface area contributed by atoms with Gasteiger partial charge in [0, 0.05) is 31.5 Å². The maximum absolute atomic E-state index is 12.3. The molecule has 1 heterocycles. The van der Waals surface area contributed by atoms with E-state index in [0.29, 0.717) is 23.7 Å². The number of aliphatic hydroxyl groups excluding tert-OH is 2. The van der Waals surface area contributed by atoms with Crippen LogP contribution in [0.5, 0.6) is 0 Å². The van der Waals surface area contributed by atoms with Gasteiger partial charge in [-0.15, -0.1) is 0 Å². The van der Waals surface area contributed by atoms with E-state index in [1.165, 1.54) is 10.9 Å². The van der Waals surface area contributed by atoms with Gasteiger partial charge in [0.15, 0.2) is 0 Å². The van der Waals surface area contributed by atoms with E-state index in [4.69, 9.17) is 5.11 Å². The smallest absolute Gasteiger partial charge is 0.261 e. The molecule has 0 radical (unpaired) electrons. The SMILES string of the molecule is O=C(CCn1cnc2ccccc2c1=O)N[C@H]1C[C@H](CO)[C@@H](O)C1. The van der Waals surface area contributed by atoms with Crippen LogP contribution >= 0.6 is 0 Å². The Morgan fingerprint density at radius 3 is 2.88 bits per heavy atom. The minimum atomic E-state index is -0.576. The fraction of sp³-hybridized carbons (Fsp3) is 0.471. The van der Waals surface area contributed by atoms with Gasteiger partial charge in [-0.2, -0.15) is 0 Å². The second kappa shape index (κ2) is 7.11. The van der Waals surface area contributed by atoms with Crippen molar-refractivity contribution in [1.29, 1.82) is 0 Å². The summed E-state index contributed by atoms with van der Waals surface area (Å²) in [5.41, 5.74) is 0.475. The second-order valence-corrected chi connectivity index (χ2v) is 6.26. The Kier molecular flexibility index (Phi) is 4.92. The van der Waals surface area contributed by atoms with Gasteiger partial charge in [0.25, 0.3) is 5.56 Å². The van der Waals surface area contributed by atoms with Crippen molar-refractivity contribution in [3.8, 4) is 0 Å². The molecule has 1 aromatic carbocycles. The molecule has 2 aromatic rings. The molecule has 3 atom stereocenters. The number of para-hydroxylation sites is 1. The molecular formula is C17H21N3O4. The quantitative estimate of drug-likeness (QED) is 0.717. The summed E-state index contributed by atoms with van der Waals surface area (Å²) in [4.78, 5) is 28.6. The number of hydrogen-bond donors (Lipinski definition) is 3. The normalized spacial score (nSPS) is 23.5. The average molecular weight is 331 g/mol. The minimum Gasteiger partial charge on any atom is -0.396 e. The molecule has 0 saturated heterocycles. The van der Waals surface area contributed by atoms with E-state index in [1.54, 1.807) is 18.2 Å². The molecule has 0 unspecified atom stereocenters. The van der Waals surface area contributed by atoms with Crippen molar-refractivity contribution >= 4 is 16.8 Å². The summed E-state index contributed by atoms with van der Waals surface area (Å²) in [6.45, 7) is 0.174. The van der Waals surface area contributed by atoms with Gasteiger partial charge < -0.3 is 15.5 Å². The zero-order valence-electron chi connectivity index (χ0n) is 13.3. The number of aliphatic hydroxyl groups is 2. The first kappa shape index (κ1) is 16.6. The van der Waals surface area contributed by atoms with E-state index >= 15 is 0 Å². The Bertz CT molecular complexity index is 789. The van der Waals surface area contributed by atoms with E-state index in [-0.39, 0.29) is 43.0 Å². The Morgan fingerprint density at radius 2 is 2.12 bits per heavy atom. The second-order valence-electron chi connectivity index (χ2n) is 6.26. The van der Waals surface area contributed by atoms with Gasteiger partial charge in [0.1, 0.15) is 0 Å². The molecule has 0 bridgehead atoms. The molecule has 3 rings (SSSR count). The summed E-state index contributed by atoms with van der Waals surface area (Å²) in [5.74, 6) is -0.353. The van der Waals surface area contributed by atoms with Crippen LogP contribution in [0.1, 0.15) is 19.3 Å². The lowest BCUT2D eigenvalue weighted by Gasteiger charge is -2.13. The number of nitrogens with one attached hydrogen (secondary N) is 1. The average Bonchev–Trinajstić information content (AvgIpc) is 2.94. The van der Waals surface area contributed by atoms with Crippen molar-refractivity contribution in [2.75, 3.05) is 6.61 Å². The number of carbonyl (C=O) groups excluding carboxylic acids is 1. The van der Waals surface area contributed by atoms with Gasteiger partial charge in [-0.05, 0) is 25.0 Å². The predicted octanol–water partition coefficient (Wildman–Crippen LogP) is 0.0346. The van der Waals surface area contributed by atoms with Crippen molar-refractivity contribution < 1.29 is 15.0 Å². The van der Waals surface area contributed by atoms with E-state index in [9.17, 15) is 14.7 Å². The zero-order valence-corrected chi connectivity index (χ0v) is 13.3. The number of amides is 1. The molecule has 1 saturated carbocycles. The Balaban J connectivity index is 1.59. The Labute approximate surface area is 139 Å². The molecule has 0 spiro atoms. The molecule has 1 aliphatic carbocycles. The molecule has 128 valence electrons. The first-order valence-corrected chi connectivity index (χ1v) is 8.11. The van der Waals surface area contributed by atoms with Crippen LogP contribution in [0.25, 0.3) is 10.9 Å². The van der Waals surface area contributed by atoms with E-state index < -0.39 is 6.10 Å². The third-order valence-electron chi connectivity index (χ3n) is 4.57. The summed E-state index contributed by atoms with van der Waals surface area (Å²) in [5, 5.41) is 22.3. The molecule has 7 heteroatoms. The van der Waals surface area contributed by atoms with Gasteiger partial charge in [-0.1, -0.05) is 12.1 Å². The maximum Gasteiger partial charge on any atom is 0.261 e. The standard InChI is InChI=1S/C17H21N3O4/c21-9-11-7-12(8-15(11)22)19-16(23)5-6-20-10-18-14-4-2-1-3-13(14)17(20)24/h1-4,10-12,15,21-22H,5-9H2,(H,19,23)/t11-,12+,15+/m1/s1. The summed E-state index contributed by atoms with van der Waals surface area (Å²) in [7, 11) is 0. The fourth-order valence-corrected chi connectivity index (χ4v) is 3.20. The van der Waals surface area contributed by atoms with Crippen LogP contribution < -0.4 is 10.9 Å². The number of fused-ring (bicyclic) bond motifs is 1. The van der Waals surface area contributed by atoms with Gasteiger partial charge in [-0.25, -0.2) is 4.98 Å². The predicted molar refractivity (Wildman–Crippen MR) is 88.4 cm³/mol. The number of nitrogens with zero attached hydrogens (tertiary/aromatic N) is 2. The van der Waals surface area contributed by atoms with E-state index in [0.717, 1.165) is 0 Å².